The molecule has 0 aliphatic carbocycles. The van der Waals surface area contributed by atoms with E-state index in [-0.39, 0.29) is 46.7 Å². The van der Waals surface area contributed by atoms with Crippen molar-refractivity contribution in [1.29, 1.82) is 0 Å². The molecule has 10 aromatic rings. The van der Waals surface area contributed by atoms with Crippen LogP contribution in [0.3, 0.4) is 0 Å². The fourth-order valence-electron chi connectivity index (χ4n) is 7.67. The maximum Gasteiger partial charge on any atom is 0.0645 e. The second-order valence-corrected chi connectivity index (χ2v) is 14.3. The number of nitrogens with zero attached hydrogens (tertiary/aromatic N) is 1. The number of hydrogen-bond acceptors (Lipinski definition) is 1. The van der Waals surface area contributed by atoms with Crippen LogP contribution in [0.15, 0.2) is 249 Å². The van der Waals surface area contributed by atoms with Crippen LogP contribution < -0.4 is 4.90 Å². The Hall–Kier alpha value is -7.74. The quantitative estimate of drug-likeness (QED) is 0.142. The molecule has 59 heavy (non-hydrogen) atoms. The van der Waals surface area contributed by atoms with Gasteiger partial charge in [-0.2, -0.15) is 0 Å². The van der Waals surface area contributed by atoms with E-state index in [1.54, 1.807) is 24.3 Å². The van der Waals surface area contributed by atoms with Crippen LogP contribution in [0.25, 0.3) is 77.5 Å². The van der Waals surface area contributed by atoms with Gasteiger partial charge in [0, 0.05) is 16.9 Å². The van der Waals surface area contributed by atoms with Gasteiger partial charge in [-0.15, -0.1) is 0 Å². The first kappa shape index (κ1) is 27.8. The summed E-state index contributed by atoms with van der Waals surface area (Å²) in [4.78, 5) is 1.39. The zero-order chi connectivity index (χ0) is 46.3. The molecule has 0 aliphatic rings. The third kappa shape index (κ3) is 7.34. The summed E-state index contributed by atoms with van der Waals surface area (Å²) >= 11 is 0. The Labute approximate surface area is 358 Å². The van der Waals surface area contributed by atoms with Crippen molar-refractivity contribution in [3.63, 3.8) is 0 Å². The summed E-state index contributed by atoms with van der Waals surface area (Å²) in [5.41, 5.74) is 8.09. The largest absolute Gasteiger partial charge is 0.310 e. The highest BCUT2D eigenvalue weighted by molar-refractivity contribution is 5.97. The summed E-state index contributed by atoms with van der Waals surface area (Å²) in [6, 6.07) is 60.9. The van der Waals surface area contributed by atoms with Crippen LogP contribution in [0.5, 0.6) is 0 Å². The number of para-hydroxylation sites is 1. The molecule has 0 N–H and O–H groups in total. The molecule has 0 fully saturated rings. The van der Waals surface area contributed by atoms with Gasteiger partial charge < -0.3 is 4.90 Å². The molecule has 0 spiro atoms. The van der Waals surface area contributed by atoms with Gasteiger partial charge in [-0.3, -0.25) is 0 Å². The second kappa shape index (κ2) is 16.0. The van der Waals surface area contributed by atoms with Crippen molar-refractivity contribution in [3.8, 4) is 66.8 Å². The first-order valence-corrected chi connectivity index (χ1v) is 19.6. The van der Waals surface area contributed by atoms with Crippen molar-refractivity contribution >= 4 is 27.8 Å². The molecular weight excluding hydrogens is 711 g/mol. The molecule has 0 saturated carbocycles. The Morgan fingerprint density at radius 3 is 1.32 bits per heavy atom. The van der Waals surface area contributed by atoms with Crippen LogP contribution in [0, 0.1) is 0 Å². The average Bonchev–Trinajstić information content (AvgIpc) is 3.38. The second-order valence-electron chi connectivity index (χ2n) is 14.3. The van der Waals surface area contributed by atoms with Gasteiger partial charge in [-0.1, -0.05) is 206 Å². The monoisotopic (exact) mass is 759 g/mol. The maximum atomic E-state index is 9.76. The van der Waals surface area contributed by atoms with E-state index >= 15 is 0 Å². The lowest BCUT2D eigenvalue weighted by Crippen LogP contribution is -2.11. The fraction of sp³-hybridized carbons (Fsp3) is 0. The molecule has 0 aromatic heterocycles. The predicted molar refractivity (Wildman–Crippen MR) is 251 cm³/mol. The molecule has 10 rings (SSSR count). The molecule has 278 valence electrons. The van der Waals surface area contributed by atoms with E-state index in [9.17, 15) is 11.0 Å². The van der Waals surface area contributed by atoms with E-state index in [4.69, 9.17) is 0 Å². The molecule has 1 nitrogen and oxygen atoms in total. The summed E-state index contributed by atoms with van der Waals surface area (Å²) in [5, 5.41) is 2.10. The molecule has 10 aromatic carbocycles. The van der Waals surface area contributed by atoms with Crippen LogP contribution in [-0.2, 0) is 0 Å². The summed E-state index contributed by atoms with van der Waals surface area (Å²) in [7, 11) is 0. The number of benzene rings is 10. The molecule has 0 atom stereocenters. The van der Waals surface area contributed by atoms with Crippen molar-refractivity contribution in [2.45, 2.75) is 0 Å². The number of anilines is 3. The van der Waals surface area contributed by atoms with Gasteiger partial charge in [0.15, 0.2) is 0 Å². The highest BCUT2D eigenvalue weighted by atomic mass is 15.1. The van der Waals surface area contributed by atoms with Crippen molar-refractivity contribution in [2.24, 2.45) is 0 Å². The summed E-state index contributed by atoms with van der Waals surface area (Å²) < 4.78 is 77.2. The Morgan fingerprint density at radius 1 is 0.271 bits per heavy atom. The minimum absolute atomic E-state index is 0.0961. The van der Waals surface area contributed by atoms with Gasteiger partial charge in [0.05, 0.1) is 16.7 Å². The molecule has 0 bridgehead atoms. The summed E-state index contributed by atoms with van der Waals surface area (Å²) in [6.07, 6.45) is 0. The molecule has 0 radical (unpaired) electrons. The molecule has 0 aliphatic heterocycles. The van der Waals surface area contributed by atoms with Crippen LogP contribution in [-0.4, -0.2) is 0 Å². The maximum absolute atomic E-state index is 9.76. The topological polar surface area (TPSA) is 3.24 Å². The highest BCUT2D eigenvalue weighted by Crippen LogP contribution is 2.42. The van der Waals surface area contributed by atoms with E-state index in [0.717, 1.165) is 49.7 Å². The van der Waals surface area contributed by atoms with E-state index in [1.807, 2.05) is 176 Å². The van der Waals surface area contributed by atoms with E-state index in [2.05, 4.69) is 0 Å². The van der Waals surface area contributed by atoms with E-state index in [0.29, 0.717) is 22.4 Å². The van der Waals surface area contributed by atoms with Gasteiger partial charge >= 0.3 is 0 Å². The molecule has 1 heteroatoms. The minimum atomic E-state index is -0.405. The summed E-state index contributed by atoms with van der Waals surface area (Å²) in [5.74, 6) is 0. The van der Waals surface area contributed by atoms with E-state index in [1.165, 1.54) is 4.90 Å². The van der Waals surface area contributed by atoms with Gasteiger partial charge in [0.1, 0.15) is 0 Å². The first-order valence-electron chi connectivity index (χ1n) is 23.6. The van der Waals surface area contributed by atoms with E-state index < -0.39 is 24.2 Å². The van der Waals surface area contributed by atoms with Crippen LogP contribution in [0.4, 0.5) is 17.1 Å². The lowest BCUT2D eigenvalue weighted by Gasteiger charge is -2.28. The van der Waals surface area contributed by atoms with Gasteiger partial charge in [0.2, 0.25) is 0 Å². The van der Waals surface area contributed by atoms with Gasteiger partial charge in [-0.05, 0) is 114 Å². The van der Waals surface area contributed by atoms with Gasteiger partial charge in [0.25, 0.3) is 0 Å². The summed E-state index contributed by atoms with van der Waals surface area (Å²) in [6.45, 7) is 0. The zero-order valence-electron chi connectivity index (χ0n) is 40.0. The third-order valence-corrected chi connectivity index (χ3v) is 10.6. The third-order valence-electron chi connectivity index (χ3n) is 10.6. The molecule has 0 saturated heterocycles. The lowest BCUT2D eigenvalue weighted by molar-refractivity contribution is 1.28. The fourth-order valence-corrected chi connectivity index (χ4v) is 7.67. The molecule has 0 unspecified atom stereocenters. The zero-order valence-corrected chi connectivity index (χ0v) is 32.0. The smallest absolute Gasteiger partial charge is 0.0645 e. The van der Waals surface area contributed by atoms with Crippen LogP contribution in [0.1, 0.15) is 11.0 Å². The Kier molecular flexibility index (Phi) is 7.54. The molecule has 0 heterocycles. The minimum Gasteiger partial charge on any atom is -0.310 e. The number of rotatable bonds is 9. The Balaban J connectivity index is 1.18. The number of hydrogen-bond donors (Lipinski definition) is 0. The van der Waals surface area contributed by atoms with Crippen molar-refractivity contribution in [2.75, 3.05) is 4.90 Å². The Bertz CT molecular complexity index is 3440. The predicted octanol–water partition coefficient (Wildman–Crippen LogP) is 16.3. The Morgan fingerprint density at radius 2 is 0.678 bits per heavy atom. The highest BCUT2D eigenvalue weighted by Gasteiger charge is 2.18. The van der Waals surface area contributed by atoms with Crippen molar-refractivity contribution in [1.82, 2.24) is 0 Å². The van der Waals surface area contributed by atoms with Crippen molar-refractivity contribution < 1.29 is 11.0 Å². The molecule has 0 amide bonds. The lowest BCUT2D eigenvalue weighted by atomic mass is 9.95. The standard InChI is InChI=1S/C58H41N/c1-3-14-42(15-4-1)44-28-30-48(31-29-44)57-25-9-10-27-58(57)59(53-36-32-45(33-37-53)50-21-11-20-49(40-50)43-16-5-2-6-17-43)54-38-34-46(35-39-54)51-22-12-23-52(41-51)56-26-13-19-47-18-7-8-24-55(47)56/h1-41H/i32D,33D,34D,35D,36D,37D,38D,39D. The van der Waals surface area contributed by atoms with Gasteiger partial charge in [-0.25, -0.2) is 0 Å². The number of fused-ring (bicyclic) bond motifs is 1. The normalized spacial score (nSPS) is 12.9. The van der Waals surface area contributed by atoms with Crippen molar-refractivity contribution in [3.05, 3.63) is 249 Å². The van der Waals surface area contributed by atoms with Crippen LogP contribution in [0.2, 0.25) is 0 Å². The SMILES string of the molecule is [2H]c1c([2H])c(N(c2ccccc2-c2ccc(-c3ccccc3)cc2)c2c([2H])c([2H])c(-c3cccc(-c4cccc5ccccc45)c3)c([2H])c2[2H])c([2H])c([2H])c1-c1cccc(-c2ccccc2)c1. The first-order chi connectivity index (χ1) is 32.6. The van der Waals surface area contributed by atoms with Crippen LogP contribution >= 0.6 is 0 Å². The average molecular weight is 760 g/mol. The molecular formula is C58H41N.